The van der Waals surface area contributed by atoms with Gasteiger partial charge in [-0.15, -0.1) is 0 Å². The SMILES string of the molecule is O=C(COC(=O)CN1C(=O)c2ccccc2C1=O)Nc1ccc(F)cc1F. The van der Waals surface area contributed by atoms with E-state index in [1.807, 2.05) is 0 Å². The van der Waals surface area contributed by atoms with E-state index in [-0.39, 0.29) is 16.8 Å². The van der Waals surface area contributed by atoms with Crippen LogP contribution in [0.3, 0.4) is 0 Å². The lowest BCUT2D eigenvalue weighted by Crippen LogP contribution is -2.36. The van der Waals surface area contributed by atoms with E-state index in [0.29, 0.717) is 11.0 Å². The van der Waals surface area contributed by atoms with Gasteiger partial charge < -0.3 is 10.1 Å². The second-order valence-corrected chi connectivity index (χ2v) is 5.58. The monoisotopic (exact) mass is 374 g/mol. The second kappa shape index (κ2) is 7.32. The van der Waals surface area contributed by atoms with Gasteiger partial charge in [0.25, 0.3) is 17.7 Å². The lowest BCUT2D eigenvalue weighted by molar-refractivity contribution is -0.147. The Kier molecular flexibility index (Phi) is 4.93. The van der Waals surface area contributed by atoms with Crippen molar-refractivity contribution in [1.29, 1.82) is 0 Å². The summed E-state index contributed by atoms with van der Waals surface area (Å²) >= 11 is 0. The number of nitrogens with one attached hydrogen (secondary N) is 1. The number of hydrogen-bond acceptors (Lipinski definition) is 5. The molecular weight excluding hydrogens is 362 g/mol. The molecule has 0 spiro atoms. The van der Waals surface area contributed by atoms with Crippen molar-refractivity contribution in [3.05, 3.63) is 65.2 Å². The molecule has 9 heteroatoms. The first-order valence-electron chi connectivity index (χ1n) is 7.72. The number of nitrogens with zero attached hydrogens (tertiary/aromatic N) is 1. The number of esters is 1. The van der Waals surface area contributed by atoms with Crippen molar-refractivity contribution >= 4 is 29.4 Å². The maximum Gasteiger partial charge on any atom is 0.326 e. The number of rotatable bonds is 5. The first-order valence-corrected chi connectivity index (χ1v) is 7.72. The largest absolute Gasteiger partial charge is 0.454 e. The first-order chi connectivity index (χ1) is 12.9. The number of amides is 3. The van der Waals surface area contributed by atoms with Crippen molar-refractivity contribution in [2.75, 3.05) is 18.5 Å². The van der Waals surface area contributed by atoms with E-state index < -0.39 is 48.5 Å². The van der Waals surface area contributed by atoms with Gasteiger partial charge in [0.1, 0.15) is 18.2 Å². The number of carbonyl (C=O) groups is 4. The molecule has 0 aromatic heterocycles. The number of halogens is 2. The minimum absolute atomic E-state index is 0.180. The highest BCUT2D eigenvalue weighted by Gasteiger charge is 2.36. The Hall–Kier alpha value is -3.62. The fourth-order valence-electron chi connectivity index (χ4n) is 2.48. The molecule has 0 radical (unpaired) electrons. The fourth-order valence-corrected chi connectivity index (χ4v) is 2.48. The highest BCUT2D eigenvalue weighted by atomic mass is 19.1. The molecule has 0 saturated heterocycles. The number of fused-ring (bicyclic) bond motifs is 1. The van der Waals surface area contributed by atoms with Crippen molar-refractivity contribution in [3.8, 4) is 0 Å². The summed E-state index contributed by atoms with van der Waals surface area (Å²) in [5.74, 6) is -4.91. The van der Waals surface area contributed by atoms with E-state index in [0.717, 1.165) is 12.1 Å². The van der Waals surface area contributed by atoms with Gasteiger partial charge in [0.2, 0.25) is 0 Å². The summed E-state index contributed by atoms with van der Waals surface area (Å²) in [7, 11) is 0. The molecule has 0 bridgehead atoms. The summed E-state index contributed by atoms with van der Waals surface area (Å²) in [6, 6.07) is 8.66. The molecule has 3 amide bonds. The lowest BCUT2D eigenvalue weighted by Gasteiger charge is -2.13. The summed E-state index contributed by atoms with van der Waals surface area (Å²) in [4.78, 5) is 48.5. The fraction of sp³-hybridized carbons (Fsp3) is 0.111. The van der Waals surface area contributed by atoms with Gasteiger partial charge in [-0.3, -0.25) is 24.1 Å². The molecule has 138 valence electrons. The zero-order chi connectivity index (χ0) is 19.6. The Morgan fingerprint density at radius 2 is 1.63 bits per heavy atom. The first kappa shape index (κ1) is 18.2. The average molecular weight is 374 g/mol. The molecule has 0 fully saturated rings. The zero-order valence-electron chi connectivity index (χ0n) is 13.7. The molecule has 2 aromatic rings. The van der Waals surface area contributed by atoms with Crippen LogP contribution in [0.4, 0.5) is 14.5 Å². The Labute approximate surface area is 151 Å². The van der Waals surface area contributed by atoms with Gasteiger partial charge in [0.15, 0.2) is 6.61 Å². The Balaban J connectivity index is 1.54. The topological polar surface area (TPSA) is 92.8 Å². The summed E-state index contributed by atoms with van der Waals surface area (Å²) in [6.07, 6.45) is 0. The molecule has 27 heavy (non-hydrogen) atoms. The number of anilines is 1. The highest BCUT2D eigenvalue weighted by Crippen LogP contribution is 2.22. The van der Waals surface area contributed by atoms with Crippen LogP contribution in [0.25, 0.3) is 0 Å². The maximum absolute atomic E-state index is 13.5. The zero-order valence-corrected chi connectivity index (χ0v) is 13.7. The molecule has 0 saturated carbocycles. The number of ether oxygens (including phenoxy) is 1. The van der Waals surface area contributed by atoms with Crippen molar-refractivity contribution in [2.24, 2.45) is 0 Å². The van der Waals surface area contributed by atoms with E-state index in [4.69, 9.17) is 4.74 Å². The summed E-state index contributed by atoms with van der Waals surface area (Å²) < 4.78 is 31.0. The molecule has 0 unspecified atom stereocenters. The molecule has 1 aliphatic rings. The van der Waals surface area contributed by atoms with Crippen LogP contribution in [0.15, 0.2) is 42.5 Å². The van der Waals surface area contributed by atoms with E-state index in [9.17, 15) is 28.0 Å². The predicted octanol–water partition coefficient (Wildman–Crippen LogP) is 1.74. The van der Waals surface area contributed by atoms with Crippen LogP contribution >= 0.6 is 0 Å². The van der Waals surface area contributed by atoms with Crippen LogP contribution in [0, 0.1) is 11.6 Å². The third-order valence-corrected chi connectivity index (χ3v) is 3.73. The third kappa shape index (κ3) is 3.81. The Morgan fingerprint density at radius 3 is 2.22 bits per heavy atom. The van der Waals surface area contributed by atoms with Gasteiger partial charge in [-0.1, -0.05) is 12.1 Å². The van der Waals surface area contributed by atoms with Crippen molar-refractivity contribution < 1.29 is 32.7 Å². The number of benzene rings is 2. The summed E-state index contributed by atoms with van der Waals surface area (Å²) in [6.45, 7) is -1.43. The molecule has 0 atom stereocenters. The molecule has 3 rings (SSSR count). The van der Waals surface area contributed by atoms with Crippen LogP contribution in [0.1, 0.15) is 20.7 Å². The van der Waals surface area contributed by atoms with Gasteiger partial charge in [0, 0.05) is 6.07 Å². The second-order valence-electron chi connectivity index (χ2n) is 5.58. The smallest absolute Gasteiger partial charge is 0.326 e. The minimum Gasteiger partial charge on any atom is -0.454 e. The molecule has 0 aliphatic carbocycles. The summed E-state index contributed by atoms with van der Waals surface area (Å²) in [5, 5.41) is 2.11. The van der Waals surface area contributed by atoms with Gasteiger partial charge >= 0.3 is 5.97 Å². The van der Waals surface area contributed by atoms with E-state index in [2.05, 4.69) is 5.32 Å². The summed E-state index contributed by atoms with van der Waals surface area (Å²) in [5.41, 5.74) is 0.0810. The van der Waals surface area contributed by atoms with E-state index in [1.165, 1.54) is 12.1 Å². The van der Waals surface area contributed by atoms with Crippen LogP contribution in [0.5, 0.6) is 0 Å². The maximum atomic E-state index is 13.5. The highest BCUT2D eigenvalue weighted by molar-refractivity contribution is 6.22. The molecular formula is C18H12F2N2O5. The third-order valence-electron chi connectivity index (χ3n) is 3.73. The minimum atomic E-state index is -0.987. The van der Waals surface area contributed by atoms with Gasteiger partial charge in [-0.25, -0.2) is 8.78 Å². The van der Waals surface area contributed by atoms with Crippen molar-refractivity contribution in [2.45, 2.75) is 0 Å². The molecule has 1 heterocycles. The van der Waals surface area contributed by atoms with Crippen LogP contribution < -0.4 is 5.32 Å². The van der Waals surface area contributed by atoms with Crippen molar-refractivity contribution in [3.63, 3.8) is 0 Å². The van der Waals surface area contributed by atoms with Crippen molar-refractivity contribution in [1.82, 2.24) is 4.90 Å². The van der Waals surface area contributed by atoms with Crippen LogP contribution in [-0.4, -0.2) is 41.7 Å². The van der Waals surface area contributed by atoms with E-state index in [1.54, 1.807) is 12.1 Å². The normalized spacial score (nSPS) is 12.7. The standard InChI is InChI=1S/C18H12F2N2O5/c19-10-5-6-14(13(20)7-10)21-15(23)9-27-16(24)8-22-17(25)11-3-1-2-4-12(11)18(22)26/h1-7H,8-9H2,(H,21,23). The predicted molar refractivity (Wildman–Crippen MR) is 87.8 cm³/mol. The molecule has 2 aromatic carbocycles. The number of imide groups is 1. The lowest BCUT2D eigenvalue weighted by atomic mass is 10.1. The number of carbonyl (C=O) groups excluding carboxylic acids is 4. The van der Waals surface area contributed by atoms with Gasteiger partial charge in [-0.05, 0) is 24.3 Å². The molecule has 1 N–H and O–H groups in total. The molecule has 7 nitrogen and oxygen atoms in total. The average Bonchev–Trinajstić information content (AvgIpc) is 2.88. The Bertz CT molecular complexity index is 926. The van der Waals surface area contributed by atoms with Gasteiger partial charge in [-0.2, -0.15) is 0 Å². The van der Waals surface area contributed by atoms with Crippen LogP contribution in [-0.2, 0) is 14.3 Å². The molecule has 1 aliphatic heterocycles. The quantitative estimate of drug-likeness (QED) is 0.636. The van der Waals surface area contributed by atoms with Gasteiger partial charge in [0.05, 0.1) is 16.8 Å². The number of hydrogen-bond donors (Lipinski definition) is 1. The Morgan fingerprint density at radius 1 is 1.00 bits per heavy atom. The van der Waals surface area contributed by atoms with E-state index >= 15 is 0 Å². The van der Waals surface area contributed by atoms with Crippen LogP contribution in [0.2, 0.25) is 0 Å².